The Balaban J connectivity index is 2.41. The van der Waals surface area contributed by atoms with Crippen LogP contribution in [0.5, 0.6) is 0 Å². The second kappa shape index (κ2) is 3.73. The Morgan fingerprint density at radius 1 is 1.50 bits per heavy atom. The van der Waals surface area contributed by atoms with Gasteiger partial charge in [0, 0.05) is 6.54 Å². The first-order valence-corrected chi connectivity index (χ1v) is 4.59. The summed E-state index contributed by atoms with van der Waals surface area (Å²) >= 11 is 0. The van der Waals surface area contributed by atoms with Crippen LogP contribution in [-0.4, -0.2) is 35.0 Å². The largest absolute Gasteiger partial charge is 0.395 e. The predicted molar refractivity (Wildman–Crippen MR) is 47.7 cm³/mol. The van der Waals surface area contributed by atoms with Crippen molar-refractivity contribution in [1.29, 1.82) is 0 Å². The molecule has 72 valence electrons. The third-order valence-electron chi connectivity index (χ3n) is 1.92. The van der Waals surface area contributed by atoms with Crippen LogP contribution in [0.3, 0.4) is 0 Å². The Bertz CT molecular complexity index is 142. The zero-order valence-electron chi connectivity index (χ0n) is 8.21. The van der Waals surface area contributed by atoms with Crippen LogP contribution in [0.4, 0.5) is 0 Å². The molecule has 1 fully saturated rings. The molecule has 3 nitrogen and oxygen atoms in total. The van der Waals surface area contributed by atoms with Crippen molar-refractivity contribution in [1.82, 2.24) is 5.06 Å². The summed E-state index contributed by atoms with van der Waals surface area (Å²) in [6.07, 6.45) is 2.17. The van der Waals surface area contributed by atoms with E-state index in [0.717, 1.165) is 19.4 Å². The van der Waals surface area contributed by atoms with Gasteiger partial charge in [-0.05, 0) is 33.6 Å². The number of hydroxylamine groups is 2. The minimum absolute atomic E-state index is 0.141. The smallest absolute Gasteiger partial charge is 0.0816 e. The molecule has 12 heavy (non-hydrogen) atoms. The molecule has 0 aliphatic carbocycles. The molecular formula is C9H19NO2. The van der Waals surface area contributed by atoms with Crippen LogP contribution in [0.15, 0.2) is 0 Å². The fourth-order valence-electron chi connectivity index (χ4n) is 1.46. The van der Waals surface area contributed by atoms with E-state index in [1.807, 2.05) is 25.8 Å². The second-order valence-electron chi connectivity index (χ2n) is 4.32. The number of aliphatic hydroxyl groups is 1. The van der Waals surface area contributed by atoms with E-state index in [9.17, 15) is 0 Å². The number of nitrogens with zero attached hydrogens (tertiary/aromatic N) is 1. The van der Waals surface area contributed by atoms with Crippen molar-refractivity contribution in [2.75, 3.05) is 13.2 Å². The Morgan fingerprint density at radius 2 is 2.17 bits per heavy atom. The van der Waals surface area contributed by atoms with Gasteiger partial charge in [-0.25, -0.2) is 0 Å². The highest BCUT2D eigenvalue weighted by Gasteiger charge is 2.28. The highest BCUT2D eigenvalue weighted by molar-refractivity contribution is 4.74. The van der Waals surface area contributed by atoms with Crippen molar-refractivity contribution in [3.05, 3.63) is 0 Å². The normalized spacial score (nSPS) is 26.5. The molecule has 1 rings (SSSR count). The lowest BCUT2D eigenvalue weighted by atomic mass is 10.2. The summed E-state index contributed by atoms with van der Waals surface area (Å²) in [5.74, 6) is 0. The molecule has 0 saturated carbocycles. The molecule has 0 radical (unpaired) electrons. The molecule has 0 aromatic rings. The van der Waals surface area contributed by atoms with Gasteiger partial charge in [0.2, 0.25) is 0 Å². The van der Waals surface area contributed by atoms with Crippen LogP contribution < -0.4 is 0 Å². The molecular weight excluding hydrogens is 154 g/mol. The first-order chi connectivity index (χ1) is 5.53. The third kappa shape index (κ3) is 2.73. The van der Waals surface area contributed by atoms with Crippen molar-refractivity contribution in [2.45, 2.75) is 45.3 Å². The zero-order valence-corrected chi connectivity index (χ0v) is 8.21. The molecule has 1 saturated heterocycles. The summed E-state index contributed by atoms with van der Waals surface area (Å²) in [6, 6.07) is 0.212. The number of rotatable bonds is 2. The number of hydrogen-bond acceptors (Lipinski definition) is 3. The summed E-state index contributed by atoms with van der Waals surface area (Å²) in [4.78, 5) is 5.68. The quantitative estimate of drug-likeness (QED) is 0.680. The molecule has 0 amide bonds. The average molecular weight is 173 g/mol. The molecule has 1 unspecified atom stereocenters. The molecule has 3 heteroatoms. The van der Waals surface area contributed by atoms with Crippen LogP contribution in [0.1, 0.15) is 33.6 Å². The summed E-state index contributed by atoms with van der Waals surface area (Å²) < 4.78 is 0. The fraction of sp³-hybridized carbons (Fsp3) is 1.00. The van der Waals surface area contributed by atoms with Gasteiger partial charge in [0.05, 0.1) is 18.2 Å². The van der Waals surface area contributed by atoms with E-state index in [-0.39, 0.29) is 18.2 Å². The van der Waals surface area contributed by atoms with E-state index >= 15 is 0 Å². The van der Waals surface area contributed by atoms with Crippen LogP contribution in [0.2, 0.25) is 0 Å². The van der Waals surface area contributed by atoms with Gasteiger partial charge in [0.15, 0.2) is 0 Å². The van der Waals surface area contributed by atoms with Gasteiger partial charge in [0.1, 0.15) is 0 Å². The SMILES string of the molecule is CC(C)(C)ON1CCCC1CO. The highest BCUT2D eigenvalue weighted by Crippen LogP contribution is 2.21. The van der Waals surface area contributed by atoms with Crippen LogP contribution in [0, 0.1) is 0 Å². The average Bonchev–Trinajstić information content (AvgIpc) is 2.31. The molecule has 0 aromatic carbocycles. The molecule has 1 aliphatic heterocycles. The zero-order chi connectivity index (χ0) is 9.19. The van der Waals surface area contributed by atoms with E-state index in [4.69, 9.17) is 9.94 Å². The van der Waals surface area contributed by atoms with Gasteiger partial charge in [-0.3, -0.25) is 4.84 Å². The highest BCUT2D eigenvalue weighted by atomic mass is 16.7. The van der Waals surface area contributed by atoms with Gasteiger partial charge in [-0.2, -0.15) is 5.06 Å². The van der Waals surface area contributed by atoms with Gasteiger partial charge in [-0.1, -0.05) is 0 Å². The molecule has 0 aromatic heterocycles. The monoisotopic (exact) mass is 173 g/mol. The van der Waals surface area contributed by atoms with Crippen LogP contribution in [0.25, 0.3) is 0 Å². The Kier molecular flexibility index (Phi) is 3.09. The summed E-state index contributed by atoms with van der Waals surface area (Å²) in [7, 11) is 0. The van der Waals surface area contributed by atoms with Gasteiger partial charge >= 0.3 is 0 Å². The van der Waals surface area contributed by atoms with E-state index in [1.54, 1.807) is 0 Å². The van der Waals surface area contributed by atoms with Crippen LogP contribution >= 0.6 is 0 Å². The molecule has 1 aliphatic rings. The lowest BCUT2D eigenvalue weighted by Gasteiger charge is -2.30. The standard InChI is InChI=1S/C9H19NO2/c1-9(2,3)12-10-6-4-5-8(10)7-11/h8,11H,4-7H2,1-3H3. The lowest BCUT2D eigenvalue weighted by Crippen LogP contribution is -2.38. The number of hydrogen-bond donors (Lipinski definition) is 1. The minimum atomic E-state index is -0.141. The second-order valence-corrected chi connectivity index (χ2v) is 4.32. The maximum atomic E-state index is 9.01. The van der Waals surface area contributed by atoms with E-state index in [0.29, 0.717) is 0 Å². The predicted octanol–water partition coefficient (Wildman–Crippen LogP) is 1.17. The van der Waals surface area contributed by atoms with Crippen molar-refractivity contribution < 1.29 is 9.94 Å². The maximum Gasteiger partial charge on any atom is 0.0816 e. The molecule has 0 bridgehead atoms. The maximum absolute atomic E-state index is 9.01. The Labute approximate surface area is 74.3 Å². The van der Waals surface area contributed by atoms with Gasteiger partial charge in [-0.15, -0.1) is 0 Å². The van der Waals surface area contributed by atoms with Crippen LogP contribution in [-0.2, 0) is 4.84 Å². The first-order valence-electron chi connectivity index (χ1n) is 4.59. The van der Waals surface area contributed by atoms with Gasteiger partial charge < -0.3 is 5.11 Å². The van der Waals surface area contributed by atoms with Gasteiger partial charge in [0.25, 0.3) is 0 Å². The summed E-state index contributed by atoms with van der Waals surface area (Å²) in [5, 5.41) is 10.9. The molecule has 0 spiro atoms. The third-order valence-corrected chi connectivity index (χ3v) is 1.92. The Hall–Kier alpha value is -0.120. The minimum Gasteiger partial charge on any atom is -0.395 e. The van der Waals surface area contributed by atoms with Crippen molar-refractivity contribution in [2.24, 2.45) is 0 Å². The molecule has 1 N–H and O–H groups in total. The molecule has 1 heterocycles. The van der Waals surface area contributed by atoms with E-state index in [1.165, 1.54) is 0 Å². The first kappa shape index (κ1) is 9.96. The van der Waals surface area contributed by atoms with E-state index < -0.39 is 0 Å². The fourth-order valence-corrected chi connectivity index (χ4v) is 1.46. The van der Waals surface area contributed by atoms with Crippen molar-refractivity contribution in [3.8, 4) is 0 Å². The van der Waals surface area contributed by atoms with Crippen molar-refractivity contribution in [3.63, 3.8) is 0 Å². The topological polar surface area (TPSA) is 32.7 Å². The number of aliphatic hydroxyl groups excluding tert-OH is 1. The Morgan fingerprint density at radius 3 is 2.67 bits per heavy atom. The summed E-state index contributed by atoms with van der Waals surface area (Å²) in [5.41, 5.74) is -0.141. The van der Waals surface area contributed by atoms with Crippen molar-refractivity contribution >= 4 is 0 Å². The lowest BCUT2D eigenvalue weighted by molar-refractivity contribution is -0.239. The summed E-state index contributed by atoms with van der Waals surface area (Å²) in [6.45, 7) is 7.23. The molecule has 1 atom stereocenters. The van der Waals surface area contributed by atoms with E-state index in [2.05, 4.69) is 0 Å².